The summed E-state index contributed by atoms with van der Waals surface area (Å²) in [5.74, 6) is 0. The van der Waals surface area contributed by atoms with Gasteiger partial charge in [0.15, 0.2) is 0 Å². The van der Waals surface area contributed by atoms with Crippen LogP contribution < -0.4 is 6.15 Å². The van der Waals surface area contributed by atoms with E-state index in [-0.39, 0.29) is 12.6 Å². The van der Waals surface area contributed by atoms with Crippen LogP contribution in [0.3, 0.4) is 0 Å². The van der Waals surface area contributed by atoms with Gasteiger partial charge in [-0.05, 0) is 12.0 Å². The van der Waals surface area contributed by atoms with Crippen molar-refractivity contribution in [3.63, 3.8) is 0 Å². The van der Waals surface area contributed by atoms with Crippen molar-refractivity contribution in [2.45, 2.75) is 11.7 Å². The molecule has 0 aromatic heterocycles. The highest BCUT2D eigenvalue weighted by atomic mass is 32.2. The predicted octanol–water partition coefficient (Wildman–Crippen LogP) is 2.35. The molecule has 0 saturated heterocycles. The van der Waals surface area contributed by atoms with Crippen molar-refractivity contribution < 1.29 is 13.0 Å². The van der Waals surface area contributed by atoms with Crippen molar-refractivity contribution in [3.8, 4) is 0 Å². The Kier molecular flexibility index (Phi) is 5.21. The Morgan fingerprint density at radius 3 is 2.27 bits per heavy atom. The standard InChI is InChI=1S/C10H12O3S.H3N/c1-2-6-10(14(11,12)13)9-7-4-3-5-8-9;/h2-5,7-8,10H,1,6H2,(H,11,12,13);1H3. The van der Waals surface area contributed by atoms with Crippen LogP contribution in [0.5, 0.6) is 0 Å². The molecule has 15 heavy (non-hydrogen) atoms. The van der Waals surface area contributed by atoms with E-state index in [0.29, 0.717) is 5.56 Å². The van der Waals surface area contributed by atoms with E-state index in [2.05, 4.69) is 6.58 Å². The number of rotatable bonds is 4. The van der Waals surface area contributed by atoms with Crippen LogP contribution in [0.1, 0.15) is 17.2 Å². The summed E-state index contributed by atoms with van der Waals surface area (Å²) in [6.45, 7) is 3.46. The molecule has 5 heteroatoms. The van der Waals surface area contributed by atoms with Crippen LogP contribution in [0, 0.1) is 0 Å². The zero-order valence-corrected chi connectivity index (χ0v) is 9.15. The van der Waals surface area contributed by atoms with E-state index in [1.807, 2.05) is 0 Å². The largest absolute Gasteiger partial charge is 0.344 e. The minimum absolute atomic E-state index is 0. The van der Waals surface area contributed by atoms with Crippen molar-refractivity contribution in [2.24, 2.45) is 0 Å². The lowest BCUT2D eigenvalue weighted by Gasteiger charge is -2.11. The third kappa shape index (κ3) is 3.83. The SMILES string of the molecule is C=CCC(c1ccccc1)S(=O)(=O)O.N. The Hall–Kier alpha value is -1.17. The maximum absolute atomic E-state index is 11.0. The Morgan fingerprint density at radius 1 is 1.33 bits per heavy atom. The van der Waals surface area contributed by atoms with E-state index < -0.39 is 15.4 Å². The van der Waals surface area contributed by atoms with Gasteiger partial charge in [-0.15, -0.1) is 6.58 Å². The number of allylic oxidation sites excluding steroid dienone is 1. The fourth-order valence-corrected chi connectivity index (χ4v) is 2.13. The van der Waals surface area contributed by atoms with E-state index >= 15 is 0 Å². The van der Waals surface area contributed by atoms with Crippen LogP contribution in [0.2, 0.25) is 0 Å². The molecule has 0 amide bonds. The molecule has 0 radical (unpaired) electrons. The Morgan fingerprint density at radius 2 is 1.87 bits per heavy atom. The lowest BCUT2D eigenvalue weighted by molar-refractivity contribution is 0.468. The topological polar surface area (TPSA) is 89.4 Å². The molecule has 84 valence electrons. The smallest absolute Gasteiger partial charge is 0.272 e. The van der Waals surface area contributed by atoms with E-state index in [0.717, 1.165) is 0 Å². The second-order valence-electron chi connectivity index (χ2n) is 2.94. The van der Waals surface area contributed by atoms with Gasteiger partial charge in [0.2, 0.25) is 0 Å². The highest BCUT2D eigenvalue weighted by Gasteiger charge is 2.22. The molecule has 0 heterocycles. The Bertz CT molecular complexity index is 400. The summed E-state index contributed by atoms with van der Waals surface area (Å²) in [6.07, 6.45) is 1.69. The van der Waals surface area contributed by atoms with Gasteiger partial charge in [-0.2, -0.15) is 8.42 Å². The van der Waals surface area contributed by atoms with Gasteiger partial charge in [0.1, 0.15) is 5.25 Å². The molecule has 1 atom stereocenters. The van der Waals surface area contributed by atoms with Gasteiger partial charge >= 0.3 is 0 Å². The van der Waals surface area contributed by atoms with Crippen molar-refractivity contribution in [1.82, 2.24) is 6.15 Å². The van der Waals surface area contributed by atoms with Gasteiger partial charge < -0.3 is 6.15 Å². The molecule has 4 N–H and O–H groups in total. The average Bonchev–Trinajstić information content (AvgIpc) is 2.14. The summed E-state index contributed by atoms with van der Waals surface area (Å²) in [5.41, 5.74) is 0.579. The monoisotopic (exact) mass is 229 g/mol. The van der Waals surface area contributed by atoms with E-state index in [4.69, 9.17) is 4.55 Å². The average molecular weight is 229 g/mol. The molecule has 1 aromatic carbocycles. The van der Waals surface area contributed by atoms with Gasteiger partial charge in [0, 0.05) is 0 Å². The molecule has 0 bridgehead atoms. The molecule has 0 spiro atoms. The Balaban J connectivity index is 0.00000196. The molecular formula is C10H15NO3S. The first-order valence-electron chi connectivity index (χ1n) is 4.18. The maximum atomic E-state index is 11.0. The number of hydrogen-bond acceptors (Lipinski definition) is 3. The number of benzene rings is 1. The highest BCUT2D eigenvalue weighted by molar-refractivity contribution is 7.86. The summed E-state index contributed by atoms with van der Waals surface area (Å²) in [7, 11) is -4.05. The normalized spacial score (nSPS) is 12.6. The lowest BCUT2D eigenvalue weighted by atomic mass is 10.1. The van der Waals surface area contributed by atoms with Crippen LogP contribution >= 0.6 is 0 Å². The summed E-state index contributed by atoms with van der Waals surface area (Å²) in [6, 6.07) is 8.59. The molecule has 0 aliphatic rings. The predicted molar refractivity (Wildman–Crippen MR) is 60.6 cm³/mol. The van der Waals surface area contributed by atoms with Crippen molar-refractivity contribution in [1.29, 1.82) is 0 Å². The summed E-state index contributed by atoms with van der Waals surface area (Å²) in [5, 5.41) is -0.902. The quantitative estimate of drug-likeness (QED) is 0.612. The first-order valence-corrected chi connectivity index (χ1v) is 5.68. The van der Waals surface area contributed by atoms with E-state index in [1.54, 1.807) is 30.3 Å². The van der Waals surface area contributed by atoms with E-state index in [1.165, 1.54) is 6.08 Å². The van der Waals surface area contributed by atoms with Gasteiger partial charge in [0.25, 0.3) is 10.1 Å². The van der Waals surface area contributed by atoms with Crippen molar-refractivity contribution >= 4 is 10.1 Å². The fraction of sp³-hybridized carbons (Fsp3) is 0.200. The summed E-state index contributed by atoms with van der Waals surface area (Å²) >= 11 is 0. The van der Waals surface area contributed by atoms with E-state index in [9.17, 15) is 8.42 Å². The first kappa shape index (κ1) is 13.8. The lowest BCUT2D eigenvalue weighted by Crippen LogP contribution is -2.11. The zero-order chi connectivity index (χ0) is 10.6. The second-order valence-corrected chi connectivity index (χ2v) is 4.54. The third-order valence-corrected chi connectivity index (χ3v) is 3.10. The molecule has 1 unspecified atom stereocenters. The maximum Gasteiger partial charge on any atom is 0.272 e. The van der Waals surface area contributed by atoms with Crippen LogP contribution in [0.4, 0.5) is 0 Å². The minimum atomic E-state index is -4.05. The molecule has 4 nitrogen and oxygen atoms in total. The first-order chi connectivity index (χ1) is 6.55. The zero-order valence-electron chi connectivity index (χ0n) is 8.33. The molecule has 0 fully saturated rings. The molecule has 0 saturated carbocycles. The van der Waals surface area contributed by atoms with Crippen LogP contribution in [0.15, 0.2) is 43.0 Å². The van der Waals surface area contributed by atoms with Gasteiger partial charge in [-0.1, -0.05) is 36.4 Å². The number of hydrogen-bond donors (Lipinski definition) is 2. The summed E-state index contributed by atoms with van der Waals surface area (Å²) < 4.78 is 31.0. The second kappa shape index (κ2) is 5.65. The van der Waals surface area contributed by atoms with Crippen LogP contribution in [0.25, 0.3) is 0 Å². The van der Waals surface area contributed by atoms with Crippen LogP contribution in [-0.2, 0) is 10.1 Å². The van der Waals surface area contributed by atoms with Gasteiger partial charge in [-0.25, -0.2) is 0 Å². The minimum Gasteiger partial charge on any atom is -0.344 e. The molecule has 0 aliphatic heterocycles. The van der Waals surface area contributed by atoms with Gasteiger partial charge in [-0.3, -0.25) is 4.55 Å². The Labute approximate surface area is 90.0 Å². The van der Waals surface area contributed by atoms with Gasteiger partial charge in [0.05, 0.1) is 0 Å². The third-order valence-electron chi connectivity index (χ3n) is 1.91. The molecule has 1 rings (SSSR count). The molecular weight excluding hydrogens is 214 g/mol. The van der Waals surface area contributed by atoms with Crippen LogP contribution in [-0.4, -0.2) is 13.0 Å². The molecule has 1 aromatic rings. The van der Waals surface area contributed by atoms with Crippen molar-refractivity contribution in [2.75, 3.05) is 0 Å². The highest BCUT2D eigenvalue weighted by Crippen LogP contribution is 2.24. The fourth-order valence-electron chi connectivity index (χ4n) is 1.25. The van der Waals surface area contributed by atoms with Crippen molar-refractivity contribution in [3.05, 3.63) is 48.6 Å². The molecule has 0 aliphatic carbocycles. The summed E-state index contributed by atoms with van der Waals surface area (Å²) in [4.78, 5) is 0.